The molecule has 104 valence electrons. The van der Waals surface area contributed by atoms with E-state index in [1.54, 1.807) is 6.92 Å². The van der Waals surface area contributed by atoms with Crippen LogP contribution in [0.3, 0.4) is 0 Å². The second-order valence-electron chi connectivity index (χ2n) is 4.80. The van der Waals surface area contributed by atoms with E-state index in [-0.39, 0.29) is 11.9 Å². The van der Waals surface area contributed by atoms with Gasteiger partial charge in [0.05, 0.1) is 0 Å². The summed E-state index contributed by atoms with van der Waals surface area (Å²) in [4.78, 5) is 14.2. The summed E-state index contributed by atoms with van der Waals surface area (Å²) >= 11 is 3.37. The third-order valence-corrected chi connectivity index (χ3v) is 3.79. The summed E-state index contributed by atoms with van der Waals surface area (Å²) in [5, 5.41) is 3.27. The molecular weight excluding hydrogens is 308 g/mol. The van der Waals surface area contributed by atoms with Crippen LogP contribution in [0, 0.1) is 0 Å². The van der Waals surface area contributed by atoms with Crippen molar-refractivity contribution in [2.24, 2.45) is 0 Å². The van der Waals surface area contributed by atoms with E-state index in [1.807, 2.05) is 29.2 Å². The van der Waals surface area contributed by atoms with E-state index in [4.69, 9.17) is 4.74 Å². The van der Waals surface area contributed by atoms with Crippen molar-refractivity contribution in [1.82, 2.24) is 10.2 Å². The Morgan fingerprint density at radius 3 is 2.79 bits per heavy atom. The molecule has 1 aromatic rings. The zero-order chi connectivity index (χ0) is 13.8. The molecule has 2 rings (SSSR count). The highest BCUT2D eigenvalue weighted by atomic mass is 79.9. The van der Waals surface area contributed by atoms with Crippen LogP contribution >= 0.6 is 15.9 Å². The maximum Gasteiger partial charge on any atom is 0.263 e. The third kappa shape index (κ3) is 3.70. The van der Waals surface area contributed by atoms with E-state index >= 15 is 0 Å². The van der Waals surface area contributed by atoms with Crippen molar-refractivity contribution in [2.75, 3.05) is 19.6 Å². The molecule has 1 aliphatic heterocycles. The Hall–Kier alpha value is -1.07. The van der Waals surface area contributed by atoms with Gasteiger partial charge in [0.2, 0.25) is 0 Å². The Kier molecular flexibility index (Phi) is 4.82. The molecule has 0 radical (unpaired) electrons. The van der Waals surface area contributed by atoms with Crippen molar-refractivity contribution < 1.29 is 9.53 Å². The Morgan fingerprint density at radius 2 is 2.16 bits per heavy atom. The Labute approximate surface area is 122 Å². The molecule has 1 unspecified atom stereocenters. The number of nitrogens with zero attached hydrogens (tertiary/aromatic N) is 1. The van der Waals surface area contributed by atoms with Crippen LogP contribution in [0.5, 0.6) is 5.75 Å². The first-order valence-corrected chi connectivity index (χ1v) is 7.30. The smallest absolute Gasteiger partial charge is 0.263 e. The van der Waals surface area contributed by atoms with Gasteiger partial charge in [0.25, 0.3) is 5.91 Å². The van der Waals surface area contributed by atoms with Crippen molar-refractivity contribution in [3.05, 3.63) is 28.7 Å². The topological polar surface area (TPSA) is 41.6 Å². The molecule has 1 heterocycles. The van der Waals surface area contributed by atoms with Gasteiger partial charge in [0.1, 0.15) is 5.75 Å². The van der Waals surface area contributed by atoms with E-state index < -0.39 is 6.10 Å². The van der Waals surface area contributed by atoms with Gasteiger partial charge in [-0.05, 0) is 38.1 Å². The summed E-state index contributed by atoms with van der Waals surface area (Å²) in [6.07, 6.45) is -0.457. The van der Waals surface area contributed by atoms with Crippen LogP contribution in [-0.4, -0.2) is 42.6 Å². The lowest BCUT2D eigenvalue weighted by molar-refractivity contribution is -0.140. The van der Waals surface area contributed by atoms with Crippen molar-refractivity contribution in [3.8, 4) is 5.75 Å². The highest BCUT2D eigenvalue weighted by molar-refractivity contribution is 9.10. The number of hydrogen-bond donors (Lipinski definition) is 1. The van der Waals surface area contributed by atoms with E-state index in [9.17, 15) is 4.79 Å². The molecule has 1 aliphatic rings. The fourth-order valence-corrected chi connectivity index (χ4v) is 2.43. The number of carbonyl (C=O) groups excluding carboxylic acids is 1. The van der Waals surface area contributed by atoms with Crippen LogP contribution in [0.15, 0.2) is 28.7 Å². The van der Waals surface area contributed by atoms with Gasteiger partial charge in [-0.3, -0.25) is 4.79 Å². The number of nitrogens with one attached hydrogen (secondary N) is 1. The molecule has 19 heavy (non-hydrogen) atoms. The SMILES string of the molecule is CC(Oc1ccc(Br)cc1)C(=O)N1CCNC[C@@H]1C. The number of carbonyl (C=O) groups is 1. The molecule has 0 saturated carbocycles. The number of hydrogen-bond acceptors (Lipinski definition) is 3. The summed E-state index contributed by atoms with van der Waals surface area (Å²) in [5.74, 6) is 0.767. The number of rotatable bonds is 3. The minimum absolute atomic E-state index is 0.0527. The number of piperazine rings is 1. The monoisotopic (exact) mass is 326 g/mol. The quantitative estimate of drug-likeness (QED) is 0.924. The lowest BCUT2D eigenvalue weighted by Crippen LogP contribution is -2.55. The minimum atomic E-state index is -0.457. The molecule has 0 spiro atoms. The van der Waals surface area contributed by atoms with E-state index in [0.29, 0.717) is 5.75 Å². The lowest BCUT2D eigenvalue weighted by atomic mass is 10.2. The molecule has 1 aromatic carbocycles. The van der Waals surface area contributed by atoms with Gasteiger partial charge in [-0.25, -0.2) is 0 Å². The first-order chi connectivity index (χ1) is 9.08. The number of benzene rings is 1. The van der Waals surface area contributed by atoms with Gasteiger partial charge in [-0.2, -0.15) is 0 Å². The van der Waals surface area contributed by atoms with Crippen LogP contribution in [-0.2, 0) is 4.79 Å². The standard InChI is InChI=1S/C14H19BrN2O2/c1-10-9-16-7-8-17(10)14(18)11(2)19-13-5-3-12(15)4-6-13/h3-6,10-11,16H,7-9H2,1-2H3/t10-,11?/m0/s1. The molecule has 2 atom stereocenters. The molecule has 1 amide bonds. The second-order valence-corrected chi connectivity index (χ2v) is 5.71. The predicted molar refractivity (Wildman–Crippen MR) is 78.3 cm³/mol. The van der Waals surface area contributed by atoms with Crippen LogP contribution < -0.4 is 10.1 Å². The maximum atomic E-state index is 12.3. The Balaban J connectivity index is 1.96. The average molecular weight is 327 g/mol. The predicted octanol–water partition coefficient (Wildman–Crippen LogP) is 2.04. The molecule has 0 aliphatic carbocycles. The Bertz CT molecular complexity index is 436. The first kappa shape index (κ1) is 14.3. The molecular formula is C14H19BrN2O2. The fourth-order valence-electron chi connectivity index (χ4n) is 2.17. The summed E-state index contributed by atoms with van der Waals surface area (Å²) in [7, 11) is 0. The first-order valence-electron chi connectivity index (χ1n) is 6.51. The third-order valence-electron chi connectivity index (χ3n) is 3.26. The van der Waals surface area contributed by atoms with Gasteiger partial charge >= 0.3 is 0 Å². The zero-order valence-electron chi connectivity index (χ0n) is 11.2. The maximum absolute atomic E-state index is 12.3. The van der Waals surface area contributed by atoms with Crippen molar-refractivity contribution in [2.45, 2.75) is 26.0 Å². The summed E-state index contributed by atoms with van der Waals surface area (Å²) in [6.45, 7) is 6.29. The van der Waals surface area contributed by atoms with Crippen LogP contribution in [0.25, 0.3) is 0 Å². The van der Waals surface area contributed by atoms with Gasteiger partial charge in [0.15, 0.2) is 6.10 Å². The molecule has 1 N–H and O–H groups in total. The van der Waals surface area contributed by atoms with E-state index in [2.05, 4.69) is 28.2 Å². The summed E-state index contributed by atoms with van der Waals surface area (Å²) in [6, 6.07) is 7.74. The molecule has 5 heteroatoms. The number of amides is 1. The van der Waals surface area contributed by atoms with Gasteiger partial charge < -0.3 is 15.0 Å². The largest absolute Gasteiger partial charge is 0.481 e. The van der Waals surface area contributed by atoms with Gasteiger partial charge in [-0.1, -0.05) is 15.9 Å². The fraction of sp³-hybridized carbons (Fsp3) is 0.500. The van der Waals surface area contributed by atoms with Crippen molar-refractivity contribution in [3.63, 3.8) is 0 Å². The van der Waals surface area contributed by atoms with Gasteiger partial charge in [-0.15, -0.1) is 0 Å². The molecule has 1 fully saturated rings. The van der Waals surface area contributed by atoms with Crippen LogP contribution in [0.4, 0.5) is 0 Å². The van der Waals surface area contributed by atoms with Crippen molar-refractivity contribution >= 4 is 21.8 Å². The summed E-state index contributed by atoms with van der Waals surface area (Å²) < 4.78 is 6.70. The lowest BCUT2D eigenvalue weighted by Gasteiger charge is -2.35. The van der Waals surface area contributed by atoms with Gasteiger partial charge in [0, 0.05) is 30.1 Å². The zero-order valence-corrected chi connectivity index (χ0v) is 12.8. The highest BCUT2D eigenvalue weighted by Crippen LogP contribution is 2.18. The normalized spacial score (nSPS) is 21.0. The molecule has 4 nitrogen and oxygen atoms in total. The second kappa shape index (κ2) is 6.39. The minimum Gasteiger partial charge on any atom is -0.481 e. The number of halogens is 1. The molecule has 0 aromatic heterocycles. The van der Waals surface area contributed by atoms with E-state index in [0.717, 1.165) is 24.1 Å². The molecule has 0 bridgehead atoms. The van der Waals surface area contributed by atoms with E-state index in [1.165, 1.54) is 0 Å². The Morgan fingerprint density at radius 1 is 1.47 bits per heavy atom. The van der Waals surface area contributed by atoms with Crippen molar-refractivity contribution in [1.29, 1.82) is 0 Å². The van der Waals surface area contributed by atoms with Crippen LogP contribution in [0.1, 0.15) is 13.8 Å². The highest BCUT2D eigenvalue weighted by Gasteiger charge is 2.27. The van der Waals surface area contributed by atoms with Crippen LogP contribution in [0.2, 0.25) is 0 Å². The number of ether oxygens (including phenoxy) is 1. The molecule has 1 saturated heterocycles. The average Bonchev–Trinajstić information content (AvgIpc) is 2.41. The summed E-state index contributed by atoms with van der Waals surface area (Å²) in [5.41, 5.74) is 0.